The third-order valence-electron chi connectivity index (χ3n) is 2.89. The van der Waals surface area contributed by atoms with Crippen LogP contribution in [-0.4, -0.2) is 5.97 Å². The Morgan fingerprint density at radius 3 is 2.80 bits per heavy atom. The molecule has 0 atom stereocenters. The fourth-order valence-electron chi connectivity index (χ4n) is 1.80. The van der Waals surface area contributed by atoms with Gasteiger partial charge in [0.15, 0.2) is 0 Å². The molecule has 0 aliphatic heterocycles. The molecule has 2 rings (SSSR count). The van der Waals surface area contributed by atoms with Crippen molar-refractivity contribution in [1.82, 2.24) is 0 Å². The molecule has 0 fully saturated rings. The average Bonchev–Trinajstić information content (AvgIpc) is 2.38. The smallest absolute Gasteiger partial charge is 0.338 e. The molecule has 104 valence electrons. The van der Waals surface area contributed by atoms with Crippen molar-refractivity contribution in [3.05, 3.63) is 63.4 Å². The van der Waals surface area contributed by atoms with Gasteiger partial charge in [-0.25, -0.2) is 9.18 Å². The zero-order chi connectivity index (χ0) is 14.7. The molecular weight excluding hydrogens is 325 g/mol. The summed E-state index contributed by atoms with van der Waals surface area (Å²) >= 11 is 3.19. The monoisotopic (exact) mass is 337 g/mol. The predicted octanol–water partition coefficient (Wildman–Crippen LogP) is 3.84. The molecule has 2 aromatic rings. The summed E-state index contributed by atoms with van der Waals surface area (Å²) in [5, 5.41) is 0. The SMILES string of the molecule is Cc1c(N)cccc1C(=O)OCc1cc(F)cc(Br)c1. The number of hydrogen-bond acceptors (Lipinski definition) is 3. The number of anilines is 1. The number of hydrogen-bond donors (Lipinski definition) is 1. The van der Waals surface area contributed by atoms with Gasteiger partial charge in [0.05, 0.1) is 5.56 Å². The van der Waals surface area contributed by atoms with Gasteiger partial charge in [-0.05, 0) is 48.4 Å². The van der Waals surface area contributed by atoms with E-state index in [4.69, 9.17) is 10.5 Å². The fourth-order valence-corrected chi connectivity index (χ4v) is 2.31. The second-order valence-electron chi connectivity index (χ2n) is 4.37. The van der Waals surface area contributed by atoms with Gasteiger partial charge in [0.2, 0.25) is 0 Å². The summed E-state index contributed by atoms with van der Waals surface area (Å²) in [6.07, 6.45) is 0. The van der Waals surface area contributed by atoms with Gasteiger partial charge in [0.1, 0.15) is 12.4 Å². The van der Waals surface area contributed by atoms with Crippen LogP contribution in [0.3, 0.4) is 0 Å². The van der Waals surface area contributed by atoms with E-state index in [9.17, 15) is 9.18 Å². The number of esters is 1. The highest BCUT2D eigenvalue weighted by Crippen LogP contribution is 2.19. The summed E-state index contributed by atoms with van der Waals surface area (Å²) in [5.41, 5.74) is 7.95. The van der Waals surface area contributed by atoms with Gasteiger partial charge in [0, 0.05) is 10.2 Å². The second kappa shape index (κ2) is 6.05. The quantitative estimate of drug-likeness (QED) is 0.683. The van der Waals surface area contributed by atoms with E-state index in [0.717, 1.165) is 0 Å². The second-order valence-corrected chi connectivity index (χ2v) is 5.29. The molecule has 0 heterocycles. The summed E-state index contributed by atoms with van der Waals surface area (Å²) in [6, 6.07) is 9.42. The molecule has 5 heteroatoms. The number of nitrogen functional groups attached to an aromatic ring is 1. The zero-order valence-corrected chi connectivity index (χ0v) is 12.4. The highest BCUT2D eigenvalue weighted by atomic mass is 79.9. The van der Waals surface area contributed by atoms with Crippen molar-refractivity contribution < 1.29 is 13.9 Å². The average molecular weight is 338 g/mol. The Balaban J connectivity index is 2.10. The van der Waals surface area contributed by atoms with Crippen molar-refractivity contribution in [2.75, 3.05) is 5.73 Å². The Labute approximate surface area is 124 Å². The number of rotatable bonds is 3. The van der Waals surface area contributed by atoms with Crippen LogP contribution in [0.25, 0.3) is 0 Å². The minimum absolute atomic E-state index is 0.00341. The topological polar surface area (TPSA) is 52.3 Å². The minimum Gasteiger partial charge on any atom is -0.457 e. The third kappa shape index (κ3) is 3.36. The van der Waals surface area contributed by atoms with Gasteiger partial charge in [0.25, 0.3) is 0 Å². The Morgan fingerprint density at radius 2 is 2.10 bits per heavy atom. The molecule has 0 saturated heterocycles. The number of benzene rings is 2. The summed E-state index contributed by atoms with van der Waals surface area (Å²) in [7, 11) is 0. The van der Waals surface area contributed by atoms with Crippen molar-refractivity contribution in [1.29, 1.82) is 0 Å². The lowest BCUT2D eigenvalue weighted by atomic mass is 10.1. The molecule has 0 aromatic heterocycles. The van der Waals surface area contributed by atoms with Crippen molar-refractivity contribution >= 4 is 27.6 Å². The molecule has 0 aliphatic carbocycles. The Kier molecular flexibility index (Phi) is 4.39. The first-order valence-corrected chi connectivity index (χ1v) is 6.74. The van der Waals surface area contributed by atoms with Gasteiger partial charge >= 0.3 is 5.97 Å². The first-order chi connectivity index (χ1) is 9.47. The van der Waals surface area contributed by atoms with E-state index < -0.39 is 5.97 Å². The largest absolute Gasteiger partial charge is 0.457 e. The van der Waals surface area contributed by atoms with Crippen LogP contribution >= 0.6 is 15.9 Å². The number of nitrogens with two attached hydrogens (primary N) is 1. The molecular formula is C15H13BrFNO2. The van der Waals surface area contributed by atoms with Crippen LogP contribution in [0.15, 0.2) is 40.9 Å². The number of carbonyl (C=O) groups excluding carboxylic acids is 1. The molecule has 2 N–H and O–H groups in total. The van der Waals surface area contributed by atoms with E-state index in [0.29, 0.717) is 26.9 Å². The van der Waals surface area contributed by atoms with E-state index in [1.807, 2.05) is 0 Å². The Bertz CT molecular complexity index is 638. The van der Waals surface area contributed by atoms with E-state index in [1.54, 1.807) is 31.2 Å². The Hall–Kier alpha value is -1.88. The minimum atomic E-state index is -0.477. The summed E-state index contributed by atoms with van der Waals surface area (Å²) in [5.74, 6) is -0.860. The highest BCUT2D eigenvalue weighted by molar-refractivity contribution is 9.10. The van der Waals surface area contributed by atoms with Crippen molar-refractivity contribution in [3.8, 4) is 0 Å². The molecule has 0 bridgehead atoms. The van der Waals surface area contributed by atoms with Gasteiger partial charge in [-0.2, -0.15) is 0 Å². The number of halogens is 2. The van der Waals surface area contributed by atoms with Crippen LogP contribution in [0, 0.1) is 12.7 Å². The first-order valence-electron chi connectivity index (χ1n) is 5.94. The maximum absolute atomic E-state index is 13.2. The van der Waals surface area contributed by atoms with Crippen LogP contribution in [-0.2, 0) is 11.3 Å². The molecule has 20 heavy (non-hydrogen) atoms. The molecule has 0 spiro atoms. The number of carbonyl (C=O) groups is 1. The Morgan fingerprint density at radius 1 is 1.35 bits per heavy atom. The maximum Gasteiger partial charge on any atom is 0.338 e. The third-order valence-corrected chi connectivity index (χ3v) is 3.35. The molecule has 3 nitrogen and oxygen atoms in total. The molecule has 0 aliphatic rings. The lowest BCUT2D eigenvalue weighted by molar-refractivity contribution is 0.0471. The first kappa shape index (κ1) is 14.5. The summed E-state index contributed by atoms with van der Waals surface area (Å²) in [6.45, 7) is 1.76. The number of ether oxygens (including phenoxy) is 1. The van der Waals surface area contributed by atoms with Crippen LogP contribution < -0.4 is 5.73 Å². The van der Waals surface area contributed by atoms with Gasteiger partial charge in [-0.15, -0.1) is 0 Å². The standard InChI is InChI=1S/C15H13BrFNO2/c1-9-13(3-2-4-14(9)18)15(19)20-8-10-5-11(16)7-12(17)6-10/h2-7H,8,18H2,1H3. The maximum atomic E-state index is 13.2. The molecule has 0 amide bonds. The van der Waals surface area contributed by atoms with Crippen molar-refractivity contribution in [2.24, 2.45) is 0 Å². The molecule has 0 saturated carbocycles. The van der Waals surface area contributed by atoms with Gasteiger partial charge in [-0.1, -0.05) is 22.0 Å². The van der Waals surface area contributed by atoms with Crippen LogP contribution in [0.5, 0.6) is 0 Å². The van der Waals surface area contributed by atoms with Crippen molar-refractivity contribution in [2.45, 2.75) is 13.5 Å². The molecule has 0 unspecified atom stereocenters. The van der Waals surface area contributed by atoms with Gasteiger partial charge in [-0.3, -0.25) is 0 Å². The van der Waals surface area contributed by atoms with Crippen molar-refractivity contribution in [3.63, 3.8) is 0 Å². The predicted molar refractivity (Wildman–Crippen MR) is 78.8 cm³/mol. The fraction of sp³-hybridized carbons (Fsp3) is 0.133. The van der Waals surface area contributed by atoms with E-state index in [1.165, 1.54) is 12.1 Å². The summed E-state index contributed by atoms with van der Waals surface area (Å²) < 4.78 is 19.0. The van der Waals surface area contributed by atoms with E-state index in [2.05, 4.69) is 15.9 Å². The summed E-state index contributed by atoms with van der Waals surface area (Å²) in [4.78, 5) is 12.0. The van der Waals surface area contributed by atoms with Crippen LogP contribution in [0.1, 0.15) is 21.5 Å². The lowest BCUT2D eigenvalue weighted by Gasteiger charge is -2.09. The highest BCUT2D eigenvalue weighted by Gasteiger charge is 2.12. The van der Waals surface area contributed by atoms with E-state index >= 15 is 0 Å². The van der Waals surface area contributed by atoms with Crippen LogP contribution in [0.2, 0.25) is 0 Å². The normalized spacial score (nSPS) is 10.3. The molecule has 2 aromatic carbocycles. The van der Waals surface area contributed by atoms with E-state index in [-0.39, 0.29) is 12.4 Å². The van der Waals surface area contributed by atoms with Crippen LogP contribution in [0.4, 0.5) is 10.1 Å². The molecule has 0 radical (unpaired) electrons. The zero-order valence-electron chi connectivity index (χ0n) is 10.8. The van der Waals surface area contributed by atoms with Gasteiger partial charge < -0.3 is 10.5 Å². The lowest BCUT2D eigenvalue weighted by Crippen LogP contribution is -2.08.